The molecule has 2 rings (SSSR count). The van der Waals surface area contributed by atoms with Gasteiger partial charge in [-0.25, -0.2) is 0 Å². The number of hydrogen-bond acceptors (Lipinski definition) is 6. The van der Waals surface area contributed by atoms with Crippen LogP contribution >= 0.6 is 24.8 Å². The zero-order valence-electron chi connectivity index (χ0n) is 13.2. The van der Waals surface area contributed by atoms with Crippen molar-refractivity contribution >= 4 is 36.5 Å². The van der Waals surface area contributed by atoms with E-state index in [9.17, 15) is 4.79 Å². The van der Waals surface area contributed by atoms with Crippen LogP contribution in [0.15, 0.2) is 18.3 Å². The standard InChI is InChI=1S/C14H23N5O2.2ClH/c1-21-9-7-15-11-14(20)16-10-12-4-3-8-19(12)13-5-2-6-17-18-13;;/h2,5-6,12,15H,3-4,7-11H2,1H3,(H,16,20);2*1H. The average molecular weight is 366 g/mol. The number of aromatic nitrogens is 2. The molecule has 1 saturated heterocycles. The first-order valence-electron chi connectivity index (χ1n) is 7.32. The minimum atomic E-state index is 0. The van der Waals surface area contributed by atoms with Crippen molar-refractivity contribution in [1.29, 1.82) is 0 Å². The fourth-order valence-electron chi connectivity index (χ4n) is 2.47. The average Bonchev–Trinajstić information content (AvgIpc) is 2.99. The van der Waals surface area contributed by atoms with Crippen molar-refractivity contribution in [3.8, 4) is 0 Å². The number of methoxy groups -OCH3 is 1. The Morgan fingerprint density at radius 1 is 1.48 bits per heavy atom. The lowest BCUT2D eigenvalue weighted by atomic mass is 10.2. The molecule has 0 radical (unpaired) electrons. The summed E-state index contributed by atoms with van der Waals surface area (Å²) in [5.41, 5.74) is 0. The summed E-state index contributed by atoms with van der Waals surface area (Å²) in [5, 5.41) is 14.1. The van der Waals surface area contributed by atoms with Crippen molar-refractivity contribution < 1.29 is 9.53 Å². The summed E-state index contributed by atoms with van der Waals surface area (Å²) in [6.45, 7) is 3.21. The number of hydrogen-bond donors (Lipinski definition) is 2. The Morgan fingerprint density at radius 2 is 2.30 bits per heavy atom. The third kappa shape index (κ3) is 7.30. The number of halogens is 2. The molecule has 0 aromatic carbocycles. The first-order chi connectivity index (χ1) is 10.3. The number of ether oxygens (including phenoxy) is 1. The van der Waals surface area contributed by atoms with E-state index in [-0.39, 0.29) is 30.7 Å². The van der Waals surface area contributed by atoms with Gasteiger partial charge in [-0.15, -0.1) is 29.9 Å². The highest BCUT2D eigenvalue weighted by atomic mass is 35.5. The van der Waals surface area contributed by atoms with E-state index in [1.54, 1.807) is 13.3 Å². The van der Waals surface area contributed by atoms with Crippen molar-refractivity contribution in [2.75, 3.05) is 44.8 Å². The van der Waals surface area contributed by atoms with Crippen LogP contribution in [0.25, 0.3) is 0 Å². The molecular weight excluding hydrogens is 341 g/mol. The maximum atomic E-state index is 11.7. The zero-order valence-corrected chi connectivity index (χ0v) is 14.9. The van der Waals surface area contributed by atoms with Crippen molar-refractivity contribution in [2.45, 2.75) is 18.9 Å². The van der Waals surface area contributed by atoms with Gasteiger partial charge >= 0.3 is 0 Å². The Labute approximate surface area is 149 Å². The lowest BCUT2D eigenvalue weighted by Gasteiger charge is -2.25. The second kappa shape index (κ2) is 12.3. The molecule has 0 saturated carbocycles. The second-order valence-electron chi connectivity index (χ2n) is 5.04. The number of amides is 1. The predicted octanol–water partition coefficient (Wildman–Crippen LogP) is 0.641. The summed E-state index contributed by atoms with van der Waals surface area (Å²) in [6.07, 6.45) is 3.85. The number of rotatable bonds is 8. The number of carbonyl (C=O) groups excluding carboxylic acids is 1. The second-order valence-corrected chi connectivity index (χ2v) is 5.04. The van der Waals surface area contributed by atoms with Crippen molar-refractivity contribution in [3.63, 3.8) is 0 Å². The van der Waals surface area contributed by atoms with Crippen LogP contribution in [0.1, 0.15) is 12.8 Å². The van der Waals surface area contributed by atoms with E-state index >= 15 is 0 Å². The van der Waals surface area contributed by atoms with E-state index in [1.165, 1.54) is 0 Å². The van der Waals surface area contributed by atoms with Gasteiger partial charge in [0.05, 0.1) is 13.2 Å². The molecule has 23 heavy (non-hydrogen) atoms. The van der Waals surface area contributed by atoms with Crippen LogP contribution in [0.3, 0.4) is 0 Å². The summed E-state index contributed by atoms with van der Waals surface area (Å²) in [6, 6.07) is 4.14. The van der Waals surface area contributed by atoms with Crippen LogP contribution < -0.4 is 15.5 Å². The van der Waals surface area contributed by atoms with Crippen molar-refractivity contribution in [2.24, 2.45) is 0 Å². The third-order valence-corrected chi connectivity index (χ3v) is 3.53. The summed E-state index contributed by atoms with van der Waals surface area (Å²) in [4.78, 5) is 14.0. The van der Waals surface area contributed by atoms with Gasteiger partial charge in [0.15, 0.2) is 5.82 Å². The minimum absolute atomic E-state index is 0. The van der Waals surface area contributed by atoms with Gasteiger partial charge in [-0.05, 0) is 25.0 Å². The highest BCUT2D eigenvalue weighted by Crippen LogP contribution is 2.22. The van der Waals surface area contributed by atoms with E-state index in [0.29, 0.717) is 32.3 Å². The summed E-state index contributed by atoms with van der Waals surface area (Å²) < 4.78 is 4.91. The Bertz CT molecular complexity index is 438. The first kappa shape index (κ1) is 21.9. The lowest BCUT2D eigenvalue weighted by Crippen LogP contribution is -2.43. The van der Waals surface area contributed by atoms with E-state index in [0.717, 1.165) is 25.2 Å². The van der Waals surface area contributed by atoms with E-state index in [4.69, 9.17) is 4.74 Å². The third-order valence-electron chi connectivity index (χ3n) is 3.53. The molecule has 7 nitrogen and oxygen atoms in total. The molecule has 0 spiro atoms. The minimum Gasteiger partial charge on any atom is -0.383 e. The Balaban J connectivity index is 0.00000242. The van der Waals surface area contributed by atoms with Crippen LogP contribution in [0.2, 0.25) is 0 Å². The molecule has 9 heteroatoms. The van der Waals surface area contributed by atoms with Crippen LogP contribution in [-0.4, -0.2) is 62.0 Å². The number of anilines is 1. The van der Waals surface area contributed by atoms with Gasteiger partial charge in [-0.1, -0.05) is 0 Å². The van der Waals surface area contributed by atoms with Gasteiger partial charge in [-0.2, -0.15) is 5.10 Å². The topological polar surface area (TPSA) is 79.4 Å². The van der Waals surface area contributed by atoms with Crippen molar-refractivity contribution in [1.82, 2.24) is 20.8 Å². The monoisotopic (exact) mass is 365 g/mol. The van der Waals surface area contributed by atoms with E-state index in [2.05, 4.69) is 25.7 Å². The van der Waals surface area contributed by atoms with Crippen LogP contribution in [0.5, 0.6) is 0 Å². The van der Waals surface area contributed by atoms with Crippen LogP contribution in [-0.2, 0) is 9.53 Å². The van der Waals surface area contributed by atoms with Gasteiger partial charge in [0, 0.05) is 39.0 Å². The van der Waals surface area contributed by atoms with Gasteiger partial charge in [-0.3, -0.25) is 4.79 Å². The molecular formula is C14H25Cl2N5O2. The van der Waals surface area contributed by atoms with Crippen LogP contribution in [0, 0.1) is 0 Å². The number of carbonyl (C=O) groups is 1. The Kier molecular flexibility index (Phi) is 11.7. The molecule has 2 heterocycles. The molecule has 1 atom stereocenters. The SMILES string of the molecule is COCCNCC(=O)NCC1CCCN1c1cccnn1.Cl.Cl. The molecule has 1 fully saturated rings. The molecule has 1 unspecified atom stereocenters. The molecule has 0 bridgehead atoms. The fraction of sp³-hybridized carbons (Fsp3) is 0.643. The Morgan fingerprint density at radius 3 is 3.00 bits per heavy atom. The number of nitrogens with zero attached hydrogens (tertiary/aromatic N) is 3. The quantitative estimate of drug-likeness (QED) is 0.658. The molecule has 1 aliphatic heterocycles. The molecule has 0 aliphatic carbocycles. The lowest BCUT2D eigenvalue weighted by molar-refractivity contribution is -0.120. The summed E-state index contributed by atoms with van der Waals surface area (Å²) in [5.74, 6) is 0.893. The molecule has 2 N–H and O–H groups in total. The summed E-state index contributed by atoms with van der Waals surface area (Å²) in [7, 11) is 1.64. The van der Waals surface area contributed by atoms with Crippen LogP contribution in [0.4, 0.5) is 5.82 Å². The molecule has 1 amide bonds. The zero-order chi connectivity index (χ0) is 14.9. The molecule has 132 valence electrons. The van der Waals surface area contributed by atoms with Gasteiger partial charge in [0.25, 0.3) is 0 Å². The van der Waals surface area contributed by atoms with Gasteiger partial charge in [0.1, 0.15) is 0 Å². The van der Waals surface area contributed by atoms with Gasteiger partial charge in [0.2, 0.25) is 5.91 Å². The van der Waals surface area contributed by atoms with Gasteiger partial charge < -0.3 is 20.3 Å². The molecule has 1 aliphatic rings. The summed E-state index contributed by atoms with van der Waals surface area (Å²) >= 11 is 0. The highest BCUT2D eigenvalue weighted by Gasteiger charge is 2.25. The van der Waals surface area contributed by atoms with E-state index in [1.807, 2.05) is 12.1 Å². The first-order valence-corrected chi connectivity index (χ1v) is 7.32. The Hall–Kier alpha value is -1.15. The van der Waals surface area contributed by atoms with E-state index < -0.39 is 0 Å². The number of nitrogens with one attached hydrogen (secondary N) is 2. The molecule has 1 aromatic heterocycles. The largest absolute Gasteiger partial charge is 0.383 e. The smallest absolute Gasteiger partial charge is 0.234 e. The maximum Gasteiger partial charge on any atom is 0.234 e. The predicted molar refractivity (Wildman–Crippen MR) is 94.7 cm³/mol. The molecule has 1 aromatic rings. The highest BCUT2D eigenvalue weighted by molar-refractivity contribution is 5.85. The maximum absolute atomic E-state index is 11.7. The van der Waals surface area contributed by atoms with Crippen molar-refractivity contribution in [3.05, 3.63) is 18.3 Å². The normalized spacial score (nSPS) is 16.4. The fourth-order valence-corrected chi connectivity index (χ4v) is 2.47.